The van der Waals surface area contributed by atoms with Gasteiger partial charge in [-0.15, -0.1) is 0 Å². The zero-order valence-corrected chi connectivity index (χ0v) is 21.6. The second-order valence-electron chi connectivity index (χ2n) is 8.82. The summed E-state index contributed by atoms with van der Waals surface area (Å²) in [7, 11) is -4.22. The Morgan fingerprint density at radius 2 is 1.74 bits per heavy atom. The van der Waals surface area contributed by atoms with Gasteiger partial charge < -0.3 is 9.30 Å². The maximum Gasteiger partial charge on any atom is 0.327 e. The number of ether oxygens (including phenoxy) is 1. The fourth-order valence-electron chi connectivity index (χ4n) is 3.59. The van der Waals surface area contributed by atoms with Crippen LogP contribution in [0.15, 0.2) is 78.0 Å². The molecular formula is C25H23Cl2N3O4S. The Morgan fingerprint density at radius 3 is 2.37 bits per heavy atom. The molecule has 2 heterocycles. The van der Waals surface area contributed by atoms with E-state index in [9.17, 15) is 13.2 Å². The van der Waals surface area contributed by atoms with Crippen LogP contribution in [0.25, 0.3) is 16.7 Å². The summed E-state index contributed by atoms with van der Waals surface area (Å²) < 4.78 is 35.7. The number of nitrogens with zero attached hydrogens (tertiary/aromatic N) is 3. The fraction of sp³-hybridized carbons (Fsp3) is 0.200. The number of rotatable bonds is 6. The molecule has 0 saturated heterocycles. The van der Waals surface area contributed by atoms with Gasteiger partial charge in [-0.3, -0.25) is 9.10 Å². The summed E-state index contributed by atoms with van der Waals surface area (Å²) >= 11 is 12.1. The number of hydrogen-bond acceptors (Lipinski definition) is 5. The Balaban J connectivity index is 1.80. The van der Waals surface area contributed by atoms with Gasteiger partial charge in [-0.2, -0.15) is 0 Å². The van der Waals surface area contributed by atoms with Gasteiger partial charge in [-0.05, 0) is 75.4 Å². The molecular weight excluding hydrogens is 509 g/mol. The van der Waals surface area contributed by atoms with Crippen LogP contribution >= 0.6 is 23.2 Å². The number of aromatic nitrogens is 2. The van der Waals surface area contributed by atoms with Gasteiger partial charge in [0.25, 0.3) is 10.0 Å². The molecule has 2 aromatic heterocycles. The smallest absolute Gasteiger partial charge is 0.327 e. The van der Waals surface area contributed by atoms with Gasteiger partial charge in [0, 0.05) is 27.8 Å². The standard InChI is InChI=1S/C25H23Cl2N3O4S/c1-25(2,3)34-24(31)16-30(35(32,33)21-14-18(26)13-19(27)15-21)20-7-8-22-17(12-20)9-11-29(22)23-6-4-5-10-28-23/h4-15H,16H2,1-3H3. The number of sulfonamides is 1. The van der Waals surface area contributed by atoms with Crippen molar-refractivity contribution in [2.45, 2.75) is 31.3 Å². The number of anilines is 1. The number of carbonyl (C=O) groups excluding carboxylic acids is 1. The first kappa shape index (κ1) is 25.0. The Hall–Kier alpha value is -3.07. The second kappa shape index (κ2) is 9.53. The molecule has 182 valence electrons. The highest BCUT2D eigenvalue weighted by Gasteiger charge is 2.30. The molecule has 0 aliphatic carbocycles. The summed E-state index contributed by atoms with van der Waals surface area (Å²) in [4.78, 5) is 16.9. The normalized spacial score (nSPS) is 12.0. The van der Waals surface area contributed by atoms with Crippen LogP contribution in [0.1, 0.15) is 20.8 Å². The Kier molecular flexibility index (Phi) is 6.81. The van der Waals surface area contributed by atoms with E-state index >= 15 is 0 Å². The van der Waals surface area contributed by atoms with Crippen molar-refractivity contribution in [3.63, 3.8) is 0 Å². The number of halogens is 2. The van der Waals surface area contributed by atoms with Crippen LogP contribution in [0.5, 0.6) is 0 Å². The average Bonchev–Trinajstić information content (AvgIpc) is 3.19. The van der Waals surface area contributed by atoms with E-state index < -0.39 is 28.1 Å². The highest BCUT2D eigenvalue weighted by atomic mass is 35.5. The first-order valence-electron chi connectivity index (χ1n) is 10.7. The van der Waals surface area contributed by atoms with Crippen molar-refractivity contribution in [2.75, 3.05) is 10.8 Å². The SMILES string of the molecule is CC(C)(C)OC(=O)CN(c1ccc2c(ccn2-c2ccccn2)c1)S(=O)(=O)c1cc(Cl)cc(Cl)c1. The van der Waals surface area contributed by atoms with Crippen LogP contribution in [-0.4, -0.2) is 36.1 Å². The molecule has 0 N–H and O–H groups in total. The molecule has 4 aromatic rings. The van der Waals surface area contributed by atoms with Gasteiger partial charge >= 0.3 is 5.97 Å². The lowest BCUT2D eigenvalue weighted by atomic mass is 10.2. The van der Waals surface area contributed by atoms with E-state index in [4.69, 9.17) is 27.9 Å². The molecule has 0 unspecified atom stereocenters. The van der Waals surface area contributed by atoms with Crippen LogP contribution in [0.3, 0.4) is 0 Å². The van der Waals surface area contributed by atoms with Gasteiger partial charge in [-0.1, -0.05) is 29.3 Å². The lowest BCUT2D eigenvalue weighted by Gasteiger charge is -2.26. The Labute approximate surface area is 213 Å². The quantitative estimate of drug-likeness (QED) is 0.290. The van der Waals surface area contributed by atoms with E-state index in [-0.39, 0.29) is 14.9 Å². The minimum absolute atomic E-state index is 0.135. The minimum Gasteiger partial charge on any atom is -0.459 e. The molecule has 2 aromatic carbocycles. The van der Waals surface area contributed by atoms with Crippen LogP contribution in [0, 0.1) is 0 Å². The third kappa shape index (κ3) is 5.61. The molecule has 0 fully saturated rings. The van der Waals surface area contributed by atoms with E-state index in [1.807, 2.05) is 35.0 Å². The summed E-state index contributed by atoms with van der Waals surface area (Å²) in [5.74, 6) is 0.0300. The lowest BCUT2D eigenvalue weighted by molar-refractivity contribution is -0.152. The molecule has 0 saturated carbocycles. The van der Waals surface area contributed by atoms with E-state index in [1.165, 1.54) is 18.2 Å². The van der Waals surface area contributed by atoms with Crippen LogP contribution < -0.4 is 4.31 Å². The maximum atomic E-state index is 13.7. The number of hydrogen-bond donors (Lipinski definition) is 0. The molecule has 0 radical (unpaired) electrons. The molecule has 0 spiro atoms. The molecule has 0 aliphatic rings. The monoisotopic (exact) mass is 531 g/mol. The molecule has 0 aliphatic heterocycles. The van der Waals surface area contributed by atoms with E-state index in [0.717, 1.165) is 21.0 Å². The molecule has 0 atom stereocenters. The molecule has 10 heteroatoms. The van der Waals surface area contributed by atoms with Crippen molar-refractivity contribution in [3.8, 4) is 5.82 Å². The summed E-state index contributed by atoms with van der Waals surface area (Å²) in [5.41, 5.74) is 0.335. The van der Waals surface area contributed by atoms with Gasteiger partial charge in [-0.25, -0.2) is 13.4 Å². The highest BCUT2D eigenvalue weighted by molar-refractivity contribution is 7.92. The van der Waals surface area contributed by atoms with Crippen LogP contribution in [0.4, 0.5) is 5.69 Å². The van der Waals surface area contributed by atoms with Crippen molar-refractivity contribution in [2.24, 2.45) is 0 Å². The molecule has 0 amide bonds. The second-order valence-corrected chi connectivity index (χ2v) is 11.6. The molecule has 35 heavy (non-hydrogen) atoms. The predicted molar refractivity (Wildman–Crippen MR) is 138 cm³/mol. The lowest BCUT2D eigenvalue weighted by Crippen LogP contribution is -2.39. The molecule has 4 rings (SSSR count). The van der Waals surface area contributed by atoms with Gasteiger partial charge in [0.05, 0.1) is 16.1 Å². The van der Waals surface area contributed by atoms with Gasteiger partial charge in [0.15, 0.2) is 0 Å². The maximum absolute atomic E-state index is 13.7. The van der Waals surface area contributed by atoms with Crippen molar-refractivity contribution in [1.29, 1.82) is 0 Å². The first-order valence-corrected chi connectivity index (χ1v) is 12.9. The minimum atomic E-state index is -4.22. The Bertz CT molecular complexity index is 1480. The molecule has 7 nitrogen and oxygen atoms in total. The van der Waals surface area contributed by atoms with Crippen molar-refractivity contribution < 1.29 is 17.9 Å². The predicted octanol–water partition coefficient (Wildman–Crippen LogP) is 5.87. The largest absolute Gasteiger partial charge is 0.459 e. The fourth-order valence-corrected chi connectivity index (χ4v) is 5.72. The topological polar surface area (TPSA) is 81.5 Å². The van der Waals surface area contributed by atoms with Crippen molar-refractivity contribution >= 4 is 55.8 Å². The third-order valence-electron chi connectivity index (χ3n) is 4.97. The molecule has 0 bridgehead atoms. The van der Waals surface area contributed by atoms with E-state index in [0.29, 0.717) is 5.69 Å². The summed E-state index contributed by atoms with van der Waals surface area (Å²) in [6.07, 6.45) is 3.54. The summed E-state index contributed by atoms with van der Waals surface area (Å²) in [6.45, 7) is 4.61. The number of carbonyl (C=O) groups is 1. The highest BCUT2D eigenvalue weighted by Crippen LogP contribution is 2.31. The average molecular weight is 532 g/mol. The van der Waals surface area contributed by atoms with E-state index in [2.05, 4.69) is 4.98 Å². The number of fused-ring (bicyclic) bond motifs is 1. The van der Waals surface area contributed by atoms with E-state index in [1.54, 1.807) is 45.2 Å². The zero-order valence-electron chi connectivity index (χ0n) is 19.3. The summed E-state index contributed by atoms with van der Waals surface area (Å²) in [6, 6.07) is 16.6. The van der Waals surface area contributed by atoms with Crippen LogP contribution in [0.2, 0.25) is 10.0 Å². The van der Waals surface area contributed by atoms with Crippen LogP contribution in [-0.2, 0) is 19.6 Å². The Morgan fingerprint density at radius 1 is 1.03 bits per heavy atom. The van der Waals surface area contributed by atoms with Gasteiger partial charge in [0.2, 0.25) is 0 Å². The van der Waals surface area contributed by atoms with Crippen molar-refractivity contribution in [1.82, 2.24) is 9.55 Å². The number of esters is 1. The zero-order chi connectivity index (χ0) is 25.4. The third-order valence-corrected chi connectivity index (χ3v) is 7.16. The van der Waals surface area contributed by atoms with Gasteiger partial charge in [0.1, 0.15) is 18.0 Å². The van der Waals surface area contributed by atoms with Crippen molar-refractivity contribution in [3.05, 3.63) is 83.1 Å². The number of benzene rings is 2. The summed E-state index contributed by atoms with van der Waals surface area (Å²) in [5, 5.41) is 1.09. The first-order chi connectivity index (χ1) is 16.4. The number of pyridine rings is 1.